The van der Waals surface area contributed by atoms with Crippen LogP contribution in [0.25, 0.3) is 33.4 Å². The van der Waals surface area contributed by atoms with Crippen molar-refractivity contribution in [1.29, 1.82) is 0 Å². The Morgan fingerprint density at radius 2 is 0.667 bits per heavy atom. The molecule has 0 spiro atoms. The van der Waals surface area contributed by atoms with Crippen LogP contribution in [0.1, 0.15) is 0 Å². The standard InChI is InChI=1S/C54H32B2N4/c1-4-13-33(14-5-1)34-25-27-37(28-26-34)59-42-21-10-19-38-40-29-31-46-51-53(40)60-54-41(39-20-11-22-43(59)49(39)56(60)48(38)42)30-32-47-52(54)55(51)50-44(57(46)35-15-6-2-7-16-35)23-12-24-45(50)58(47)36-17-8-3-9-18-36/h1-32H. The van der Waals surface area contributed by atoms with Crippen molar-refractivity contribution in [2.45, 2.75) is 0 Å². The van der Waals surface area contributed by atoms with Crippen molar-refractivity contribution in [3.05, 3.63) is 194 Å². The van der Waals surface area contributed by atoms with E-state index in [0.29, 0.717) is 0 Å². The lowest BCUT2D eigenvalue weighted by atomic mass is 9.29. The molecule has 0 radical (unpaired) electrons. The largest absolute Gasteiger partial charge is 0.377 e. The Bertz CT molecular complexity index is 3170. The van der Waals surface area contributed by atoms with E-state index in [1.54, 1.807) is 0 Å². The molecule has 274 valence electrons. The third kappa shape index (κ3) is 3.68. The van der Waals surface area contributed by atoms with Crippen LogP contribution >= 0.6 is 0 Å². The van der Waals surface area contributed by atoms with E-state index >= 15 is 0 Å². The summed E-state index contributed by atoms with van der Waals surface area (Å²) in [5, 5.41) is 0. The van der Waals surface area contributed by atoms with Crippen molar-refractivity contribution in [3.63, 3.8) is 0 Å². The van der Waals surface area contributed by atoms with E-state index in [-0.39, 0.29) is 13.6 Å². The molecule has 6 heteroatoms. The summed E-state index contributed by atoms with van der Waals surface area (Å²) in [6, 6.07) is 72.4. The SMILES string of the molecule is c1ccc(-c2ccc(N3c4cccc5c4B4c6c(cccc63)-c3ccc6c7c3N4c3c-5ccc4c3B7c3c(cccc3N6c3ccccc3)N4c3ccccc3)cc2)cc1. The van der Waals surface area contributed by atoms with E-state index in [1.807, 2.05) is 0 Å². The molecule has 0 aromatic heterocycles. The normalized spacial score (nSPS) is 14.5. The van der Waals surface area contributed by atoms with Crippen molar-refractivity contribution in [2.75, 3.05) is 19.5 Å². The lowest BCUT2D eigenvalue weighted by molar-refractivity contribution is 1.22. The maximum absolute atomic E-state index is 2.79. The molecule has 9 aromatic rings. The molecule has 6 aliphatic rings. The maximum atomic E-state index is 2.79. The van der Waals surface area contributed by atoms with Gasteiger partial charge in [0.15, 0.2) is 0 Å². The van der Waals surface area contributed by atoms with Crippen LogP contribution in [0.5, 0.6) is 0 Å². The van der Waals surface area contributed by atoms with E-state index in [2.05, 4.69) is 214 Å². The fourth-order valence-electron chi connectivity index (χ4n) is 11.9. The molecular weight excluding hydrogens is 726 g/mol. The predicted molar refractivity (Wildman–Crippen MR) is 252 cm³/mol. The zero-order valence-corrected chi connectivity index (χ0v) is 32.4. The van der Waals surface area contributed by atoms with Crippen LogP contribution in [0.2, 0.25) is 0 Å². The van der Waals surface area contributed by atoms with Crippen LogP contribution < -0.4 is 46.8 Å². The minimum absolute atomic E-state index is 0.00936. The molecule has 0 unspecified atom stereocenters. The summed E-state index contributed by atoms with van der Waals surface area (Å²) in [7, 11) is 0. The Labute approximate surface area is 349 Å². The summed E-state index contributed by atoms with van der Waals surface area (Å²) < 4.78 is 0. The Kier molecular flexibility index (Phi) is 5.78. The molecule has 60 heavy (non-hydrogen) atoms. The molecular formula is C54H32B2N4. The smallest absolute Gasteiger partial charge is 0.333 e. The van der Waals surface area contributed by atoms with Crippen LogP contribution in [0.3, 0.4) is 0 Å². The van der Waals surface area contributed by atoms with Gasteiger partial charge in [-0.3, -0.25) is 0 Å². The van der Waals surface area contributed by atoms with Crippen LogP contribution in [-0.4, -0.2) is 13.6 Å². The van der Waals surface area contributed by atoms with Crippen molar-refractivity contribution in [3.8, 4) is 33.4 Å². The molecule has 15 rings (SSSR count). The van der Waals surface area contributed by atoms with Gasteiger partial charge in [-0.1, -0.05) is 121 Å². The van der Waals surface area contributed by atoms with Crippen molar-refractivity contribution in [2.24, 2.45) is 0 Å². The monoisotopic (exact) mass is 758 g/mol. The molecule has 9 aromatic carbocycles. The second-order valence-corrected chi connectivity index (χ2v) is 16.8. The number of fused-ring (bicyclic) bond motifs is 2. The van der Waals surface area contributed by atoms with Gasteiger partial charge in [0.2, 0.25) is 0 Å². The average molecular weight is 759 g/mol. The minimum atomic E-state index is 0.00936. The van der Waals surface area contributed by atoms with E-state index in [9.17, 15) is 0 Å². The first-order valence-corrected chi connectivity index (χ1v) is 21.0. The summed E-state index contributed by atoms with van der Waals surface area (Å²) >= 11 is 0. The van der Waals surface area contributed by atoms with Gasteiger partial charge in [-0.05, 0) is 122 Å². The van der Waals surface area contributed by atoms with Crippen molar-refractivity contribution in [1.82, 2.24) is 0 Å². The Morgan fingerprint density at radius 3 is 1.17 bits per heavy atom. The van der Waals surface area contributed by atoms with Gasteiger partial charge in [0.05, 0.1) is 0 Å². The molecule has 0 N–H and O–H groups in total. The highest BCUT2D eigenvalue weighted by molar-refractivity contribution is 7.05. The second kappa shape index (κ2) is 11.1. The zero-order valence-electron chi connectivity index (χ0n) is 32.4. The van der Waals surface area contributed by atoms with Crippen molar-refractivity contribution < 1.29 is 0 Å². The maximum Gasteiger partial charge on any atom is 0.333 e. The Morgan fingerprint density at radius 1 is 0.267 bits per heavy atom. The molecule has 6 aliphatic heterocycles. The first-order valence-electron chi connectivity index (χ1n) is 21.0. The molecule has 0 fully saturated rings. The summed E-state index contributed by atoms with van der Waals surface area (Å²) in [6.07, 6.45) is 0. The summed E-state index contributed by atoms with van der Waals surface area (Å²) in [4.78, 5) is 10.4. The highest BCUT2D eigenvalue weighted by Gasteiger charge is 2.57. The highest BCUT2D eigenvalue weighted by Crippen LogP contribution is 2.57. The predicted octanol–water partition coefficient (Wildman–Crippen LogP) is 10.4. The van der Waals surface area contributed by atoms with Gasteiger partial charge in [-0.15, -0.1) is 0 Å². The first-order chi connectivity index (χ1) is 29.8. The number of hydrogen-bond acceptors (Lipinski definition) is 4. The molecule has 6 heterocycles. The van der Waals surface area contributed by atoms with Crippen LogP contribution in [0, 0.1) is 0 Å². The molecule has 0 saturated heterocycles. The Balaban J connectivity index is 1.07. The van der Waals surface area contributed by atoms with Crippen LogP contribution in [0.4, 0.5) is 62.6 Å². The lowest BCUT2D eigenvalue weighted by Gasteiger charge is -2.56. The van der Waals surface area contributed by atoms with E-state index in [1.165, 1.54) is 123 Å². The van der Waals surface area contributed by atoms with Gasteiger partial charge in [0.1, 0.15) is 0 Å². The quantitative estimate of drug-likeness (QED) is 0.166. The number of anilines is 11. The summed E-state index contributed by atoms with van der Waals surface area (Å²) in [5.74, 6) is 0. The van der Waals surface area contributed by atoms with Gasteiger partial charge in [-0.2, -0.15) is 0 Å². The van der Waals surface area contributed by atoms with Gasteiger partial charge in [0.25, 0.3) is 6.71 Å². The number of para-hydroxylation sites is 2. The molecule has 0 bridgehead atoms. The van der Waals surface area contributed by atoms with E-state index < -0.39 is 0 Å². The fraction of sp³-hybridized carbons (Fsp3) is 0. The minimum Gasteiger partial charge on any atom is -0.377 e. The molecule has 0 aliphatic carbocycles. The lowest BCUT2D eigenvalue weighted by Crippen LogP contribution is -2.72. The van der Waals surface area contributed by atoms with Gasteiger partial charge < -0.3 is 19.5 Å². The second-order valence-electron chi connectivity index (χ2n) is 16.8. The number of nitrogens with zero attached hydrogens (tertiary/aromatic N) is 4. The molecule has 0 amide bonds. The molecule has 0 atom stereocenters. The molecule has 0 saturated carbocycles. The van der Waals surface area contributed by atoms with Gasteiger partial charge in [0, 0.05) is 73.7 Å². The number of rotatable bonds is 4. The van der Waals surface area contributed by atoms with Crippen molar-refractivity contribution >= 4 is 103 Å². The van der Waals surface area contributed by atoms with E-state index in [4.69, 9.17) is 0 Å². The van der Waals surface area contributed by atoms with Crippen LogP contribution in [-0.2, 0) is 0 Å². The average Bonchev–Trinajstić information content (AvgIpc) is 3.32. The third-order valence-corrected chi connectivity index (χ3v) is 14.1. The highest BCUT2D eigenvalue weighted by atomic mass is 15.2. The zero-order chi connectivity index (χ0) is 38.8. The topological polar surface area (TPSA) is 13.0 Å². The fourth-order valence-corrected chi connectivity index (χ4v) is 11.9. The summed E-state index contributed by atoms with van der Waals surface area (Å²) in [5.41, 5.74) is 28.4. The number of benzene rings is 9. The summed E-state index contributed by atoms with van der Waals surface area (Å²) in [6.45, 7) is 0.0788. The number of hydrogen-bond donors (Lipinski definition) is 0. The molecule has 4 nitrogen and oxygen atoms in total. The van der Waals surface area contributed by atoms with Gasteiger partial charge >= 0.3 is 6.85 Å². The van der Waals surface area contributed by atoms with Gasteiger partial charge in [-0.25, -0.2) is 0 Å². The van der Waals surface area contributed by atoms with Crippen LogP contribution in [0.15, 0.2) is 194 Å². The van der Waals surface area contributed by atoms with E-state index in [0.717, 1.165) is 0 Å². The Hall–Kier alpha value is -7.69. The first kappa shape index (κ1) is 31.3. The third-order valence-electron chi connectivity index (χ3n) is 14.1.